The SMILES string of the molecule is CN=C(NCCN1CCCCC1)NCC(C)N1CCc2sccc2C1.I. The molecule has 0 amide bonds. The van der Waals surface area contributed by atoms with E-state index in [-0.39, 0.29) is 24.0 Å². The van der Waals surface area contributed by atoms with Gasteiger partial charge in [0.25, 0.3) is 0 Å². The summed E-state index contributed by atoms with van der Waals surface area (Å²) in [5.74, 6) is 0.928. The van der Waals surface area contributed by atoms with Crippen LogP contribution in [-0.2, 0) is 13.0 Å². The van der Waals surface area contributed by atoms with E-state index in [9.17, 15) is 0 Å². The second-order valence-electron chi connectivity index (χ2n) is 7.22. The van der Waals surface area contributed by atoms with E-state index in [1.807, 2.05) is 18.4 Å². The molecule has 0 saturated carbocycles. The van der Waals surface area contributed by atoms with Crippen LogP contribution in [0.1, 0.15) is 36.6 Å². The number of hydrogen-bond donors (Lipinski definition) is 2. The minimum Gasteiger partial charge on any atom is -0.355 e. The second-order valence-corrected chi connectivity index (χ2v) is 8.22. The average molecular weight is 491 g/mol. The standard InChI is InChI=1S/C19H33N5S.HI/c1-16(24-11-6-18-17(15-24)7-13-25-18)14-22-19(20-2)21-8-12-23-9-4-3-5-10-23;/h7,13,16H,3-6,8-12,14-15H2,1-2H3,(H2,20,21,22);1H. The number of hydrogen-bond acceptors (Lipinski definition) is 4. The maximum absolute atomic E-state index is 4.37. The maximum atomic E-state index is 4.37. The van der Waals surface area contributed by atoms with Crippen molar-refractivity contribution in [2.75, 3.05) is 46.3 Å². The van der Waals surface area contributed by atoms with Gasteiger partial charge < -0.3 is 15.5 Å². The van der Waals surface area contributed by atoms with Gasteiger partial charge in [-0.25, -0.2) is 0 Å². The number of aliphatic imine (C=N–C) groups is 1. The van der Waals surface area contributed by atoms with E-state index in [2.05, 4.69) is 43.8 Å². The quantitative estimate of drug-likeness (QED) is 0.365. The molecule has 5 nitrogen and oxygen atoms in total. The molecule has 3 rings (SSSR count). The van der Waals surface area contributed by atoms with Gasteiger partial charge in [0, 0.05) is 50.7 Å². The molecule has 0 bridgehead atoms. The molecular formula is C19H34IN5S. The Morgan fingerprint density at radius 3 is 2.81 bits per heavy atom. The highest BCUT2D eigenvalue weighted by Crippen LogP contribution is 2.24. The van der Waals surface area contributed by atoms with Gasteiger partial charge in [-0.05, 0) is 56.3 Å². The Hall–Kier alpha value is -0.380. The zero-order valence-corrected chi connectivity index (χ0v) is 19.3. The van der Waals surface area contributed by atoms with Gasteiger partial charge in [0.2, 0.25) is 0 Å². The van der Waals surface area contributed by atoms with Crippen LogP contribution in [0.25, 0.3) is 0 Å². The Balaban J connectivity index is 0.00000243. The van der Waals surface area contributed by atoms with Crippen molar-refractivity contribution < 1.29 is 0 Å². The molecule has 1 atom stereocenters. The fraction of sp³-hybridized carbons (Fsp3) is 0.737. The van der Waals surface area contributed by atoms with Gasteiger partial charge in [0.05, 0.1) is 0 Å². The van der Waals surface area contributed by atoms with Crippen molar-refractivity contribution >= 4 is 41.3 Å². The van der Waals surface area contributed by atoms with Crippen LogP contribution >= 0.6 is 35.3 Å². The van der Waals surface area contributed by atoms with Crippen LogP contribution in [-0.4, -0.2) is 68.1 Å². The average Bonchev–Trinajstić information content (AvgIpc) is 3.13. The number of piperidine rings is 1. The number of rotatable bonds is 6. The third-order valence-corrected chi connectivity index (χ3v) is 6.44. The first-order valence-electron chi connectivity index (χ1n) is 9.72. The van der Waals surface area contributed by atoms with Crippen molar-refractivity contribution in [3.63, 3.8) is 0 Å². The number of nitrogens with one attached hydrogen (secondary N) is 2. The smallest absolute Gasteiger partial charge is 0.191 e. The van der Waals surface area contributed by atoms with E-state index in [0.29, 0.717) is 6.04 Å². The lowest BCUT2D eigenvalue weighted by Gasteiger charge is -2.33. The fourth-order valence-electron chi connectivity index (χ4n) is 3.76. The Kier molecular flexibility index (Phi) is 9.66. The number of halogens is 1. The molecule has 0 radical (unpaired) electrons. The topological polar surface area (TPSA) is 42.9 Å². The zero-order chi connectivity index (χ0) is 17.5. The Labute approximate surface area is 179 Å². The predicted octanol–water partition coefficient (Wildman–Crippen LogP) is 2.76. The first kappa shape index (κ1) is 21.9. The summed E-state index contributed by atoms with van der Waals surface area (Å²) in [5, 5.41) is 9.20. The molecule has 148 valence electrons. The minimum absolute atomic E-state index is 0. The highest BCUT2D eigenvalue weighted by atomic mass is 127. The van der Waals surface area contributed by atoms with Gasteiger partial charge in [-0.2, -0.15) is 0 Å². The molecule has 1 aromatic heterocycles. The van der Waals surface area contributed by atoms with Crippen molar-refractivity contribution in [1.29, 1.82) is 0 Å². The highest BCUT2D eigenvalue weighted by molar-refractivity contribution is 14.0. The van der Waals surface area contributed by atoms with Crippen LogP contribution in [0.5, 0.6) is 0 Å². The molecule has 26 heavy (non-hydrogen) atoms. The second kappa shape index (κ2) is 11.5. The maximum Gasteiger partial charge on any atom is 0.191 e. The molecule has 1 aromatic rings. The molecule has 7 heteroatoms. The van der Waals surface area contributed by atoms with Crippen molar-refractivity contribution in [2.24, 2.45) is 4.99 Å². The predicted molar refractivity (Wildman–Crippen MR) is 123 cm³/mol. The normalized spacial score (nSPS) is 20.2. The minimum atomic E-state index is 0. The van der Waals surface area contributed by atoms with Gasteiger partial charge in [0.15, 0.2) is 5.96 Å². The third kappa shape index (κ3) is 6.35. The van der Waals surface area contributed by atoms with Gasteiger partial charge in [0.1, 0.15) is 0 Å². The van der Waals surface area contributed by atoms with Crippen LogP contribution in [0.3, 0.4) is 0 Å². The number of nitrogens with zero attached hydrogens (tertiary/aromatic N) is 3. The zero-order valence-electron chi connectivity index (χ0n) is 16.2. The lowest BCUT2D eigenvalue weighted by Crippen LogP contribution is -2.48. The molecular weight excluding hydrogens is 457 g/mol. The van der Waals surface area contributed by atoms with E-state index in [1.165, 1.54) is 44.3 Å². The molecule has 1 saturated heterocycles. The van der Waals surface area contributed by atoms with Crippen molar-refractivity contribution in [2.45, 2.75) is 45.2 Å². The summed E-state index contributed by atoms with van der Waals surface area (Å²) in [5.41, 5.74) is 1.52. The third-order valence-electron chi connectivity index (χ3n) is 5.42. The monoisotopic (exact) mass is 491 g/mol. The molecule has 2 N–H and O–H groups in total. The van der Waals surface area contributed by atoms with E-state index in [1.54, 1.807) is 4.88 Å². The first-order chi connectivity index (χ1) is 12.3. The number of guanidine groups is 1. The van der Waals surface area contributed by atoms with E-state index < -0.39 is 0 Å². The van der Waals surface area contributed by atoms with Crippen LogP contribution in [0, 0.1) is 0 Å². The fourth-order valence-corrected chi connectivity index (χ4v) is 4.65. The number of thiophene rings is 1. The molecule has 2 aliphatic rings. The summed E-state index contributed by atoms with van der Waals surface area (Å²) in [7, 11) is 1.86. The Bertz CT molecular complexity index is 556. The molecule has 1 fully saturated rings. The van der Waals surface area contributed by atoms with Crippen molar-refractivity contribution in [3.8, 4) is 0 Å². The van der Waals surface area contributed by atoms with Crippen molar-refractivity contribution in [3.05, 3.63) is 21.9 Å². The van der Waals surface area contributed by atoms with Crippen molar-refractivity contribution in [1.82, 2.24) is 20.4 Å². The summed E-state index contributed by atoms with van der Waals surface area (Å²) in [6, 6.07) is 2.79. The summed E-state index contributed by atoms with van der Waals surface area (Å²) >= 11 is 1.91. The number of fused-ring (bicyclic) bond motifs is 1. The van der Waals surface area contributed by atoms with Gasteiger partial charge >= 0.3 is 0 Å². The highest BCUT2D eigenvalue weighted by Gasteiger charge is 2.21. The summed E-state index contributed by atoms with van der Waals surface area (Å²) < 4.78 is 0. The Morgan fingerprint density at radius 2 is 2.04 bits per heavy atom. The molecule has 0 spiro atoms. The summed E-state index contributed by atoms with van der Waals surface area (Å²) in [6.07, 6.45) is 5.30. The molecule has 1 unspecified atom stereocenters. The lowest BCUT2D eigenvalue weighted by molar-refractivity contribution is 0.192. The Morgan fingerprint density at radius 1 is 1.23 bits per heavy atom. The molecule has 0 aromatic carbocycles. The van der Waals surface area contributed by atoms with E-state index in [4.69, 9.17) is 0 Å². The van der Waals surface area contributed by atoms with Gasteiger partial charge in [-0.15, -0.1) is 35.3 Å². The molecule has 3 heterocycles. The largest absolute Gasteiger partial charge is 0.355 e. The van der Waals surface area contributed by atoms with Crippen LogP contribution in [0.2, 0.25) is 0 Å². The summed E-state index contributed by atoms with van der Waals surface area (Å²) in [4.78, 5) is 11.1. The van der Waals surface area contributed by atoms with Crippen LogP contribution < -0.4 is 10.6 Å². The molecule has 0 aliphatic carbocycles. The lowest BCUT2D eigenvalue weighted by atomic mass is 10.1. The number of likely N-dealkylation sites (tertiary alicyclic amines) is 1. The van der Waals surface area contributed by atoms with E-state index >= 15 is 0 Å². The van der Waals surface area contributed by atoms with Gasteiger partial charge in [-0.1, -0.05) is 6.42 Å². The summed E-state index contributed by atoms with van der Waals surface area (Å²) in [6.45, 7) is 10.1. The van der Waals surface area contributed by atoms with Gasteiger partial charge in [-0.3, -0.25) is 9.89 Å². The molecule has 2 aliphatic heterocycles. The van der Waals surface area contributed by atoms with Crippen LogP contribution in [0.4, 0.5) is 0 Å². The van der Waals surface area contributed by atoms with Crippen LogP contribution in [0.15, 0.2) is 16.4 Å². The van der Waals surface area contributed by atoms with E-state index in [0.717, 1.165) is 38.7 Å². The first-order valence-corrected chi connectivity index (χ1v) is 10.6.